The Kier molecular flexibility index (Phi) is 7.27. The number of aromatic nitrogens is 2. The molecule has 2 unspecified atom stereocenters. The quantitative estimate of drug-likeness (QED) is 0.327. The monoisotopic (exact) mass is 602 g/mol. The SMILES string of the molecule is CC(C)c1nc2c(c3c1C(c1ccc(C(F)(F)F)cn1)OC31CCOCC1)C(O[Si](C)(C)C(C)(C)C)CC1(CCC1)C2. The number of nitrogens with zero attached hydrogens (tertiary/aromatic N) is 2. The summed E-state index contributed by atoms with van der Waals surface area (Å²) in [5, 5.41) is 0.0470. The Hall–Kier alpha value is -1.81. The fourth-order valence-corrected chi connectivity index (χ4v) is 8.59. The van der Waals surface area contributed by atoms with Gasteiger partial charge in [0.2, 0.25) is 0 Å². The van der Waals surface area contributed by atoms with Gasteiger partial charge >= 0.3 is 6.18 Å². The molecule has 0 aromatic carbocycles. The van der Waals surface area contributed by atoms with Gasteiger partial charge in [0.1, 0.15) is 6.10 Å². The van der Waals surface area contributed by atoms with Crippen LogP contribution >= 0.6 is 0 Å². The van der Waals surface area contributed by atoms with Gasteiger partial charge in [-0.15, -0.1) is 0 Å². The molecule has 0 N–H and O–H groups in total. The minimum absolute atomic E-state index is 0.0470. The number of ether oxygens (including phenoxy) is 2. The first-order valence-corrected chi connectivity index (χ1v) is 18.5. The summed E-state index contributed by atoms with van der Waals surface area (Å²) in [6, 6.07) is 2.59. The lowest BCUT2D eigenvalue weighted by molar-refractivity contribution is -0.138. The second-order valence-corrected chi connectivity index (χ2v) is 19.7. The van der Waals surface area contributed by atoms with Crippen LogP contribution in [0.25, 0.3) is 0 Å². The molecular formula is C33H45F3N2O3Si. The summed E-state index contributed by atoms with van der Waals surface area (Å²) in [4.78, 5) is 9.78. The van der Waals surface area contributed by atoms with Crippen molar-refractivity contribution in [2.24, 2.45) is 5.41 Å². The number of hydrogen-bond acceptors (Lipinski definition) is 5. The Morgan fingerprint density at radius 1 is 1.02 bits per heavy atom. The molecule has 9 heteroatoms. The molecule has 2 spiro atoms. The average molecular weight is 603 g/mol. The van der Waals surface area contributed by atoms with Gasteiger partial charge < -0.3 is 13.9 Å². The lowest BCUT2D eigenvalue weighted by Crippen LogP contribution is -2.47. The van der Waals surface area contributed by atoms with Crippen LogP contribution in [-0.2, 0) is 32.1 Å². The summed E-state index contributed by atoms with van der Waals surface area (Å²) in [7, 11) is -2.16. The summed E-state index contributed by atoms with van der Waals surface area (Å²) < 4.78 is 60.5. The standard InChI is InChI=1S/C33H45F3N2O3Si/c1-20(2)28-26-27(25-23(38-28)17-31(11-8-12-31)18-24(25)41-42(6,7)30(3,4)5)32(13-15-39-16-14-32)40-29(26)22-10-9-21(19-37-22)33(34,35)36/h9-10,19-20,24,29H,8,11-18H2,1-7H3. The van der Waals surface area contributed by atoms with E-state index in [1.165, 1.54) is 36.5 Å². The van der Waals surface area contributed by atoms with Gasteiger partial charge in [-0.25, -0.2) is 0 Å². The molecule has 2 aliphatic carbocycles. The molecule has 2 aromatic heterocycles. The minimum atomic E-state index is -4.45. The second-order valence-electron chi connectivity index (χ2n) is 15.0. The molecular weight excluding hydrogens is 557 g/mol. The highest BCUT2D eigenvalue weighted by Crippen LogP contribution is 2.61. The van der Waals surface area contributed by atoms with Crippen LogP contribution in [0.5, 0.6) is 0 Å². The van der Waals surface area contributed by atoms with Gasteiger partial charge in [-0.2, -0.15) is 13.2 Å². The van der Waals surface area contributed by atoms with Crippen LogP contribution in [-0.4, -0.2) is 31.5 Å². The molecule has 6 rings (SSSR count). The number of pyridine rings is 2. The van der Waals surface area contributed by atoms with Crippen LogP contribution in [0.2, 0.25) is 18.1 Å². The number of halogens is 3. The molecule has 2 aromatic rings. The van der Waals surface area contributed by atoms with Gasteiger partial charge in [0.15, 0.2) is 8.32 Å². The predicted molar refractivity (Wildman–Crippen MR) is 158 cm³/mol. The fraction of sp³-hybridized carbons (Fsp3) is 0.697. The highest BCUT2D eigenvalue weighted by atomic mass is 28.4. The van der Waals surface area contributed by atoms with Crippen molar-refractivity contribution in [1.82, 2.24) is 9.97 Å². The third-order valence-corrected chi connectivity index (χ3v) is 15.3. The van der Waals surface area contributed by atoms with E-state index < -0.39 is 31.8 Å². The molecule has 0 bridgehead atoms. The Labute approximate surface area is 249 Å². The van der Waals surface area contributed by atoms with E-state index in [0.29, 0.717) is 31.7 Å². The number of fused-ring (bicyclic) bond motifs is 4. The largest absolute Gasteiger partial charge is 0.417 e. The Morgan fingerprint density at radius 2 is 1.71 bits per heavy atom. The van der Waals surface area contributed by atoms with Gasteiger partial charge in [0.25, 0.3) is 0 Å². The number of alkyl halides is 3. The van der Waals surface area contributed by atoms with Crippen molar-refractivity contribution < 1.29 is 27.1 Å². The molecule has 1 saturated carbocycles. The lowest BCUT2D eigenvalue weighted by atomic mass is 9.58. The van der Waals surface area contributed by atoms with Gasteiger partial charge in [-0.3, -0.25) is 9.97 Å². The van der Waals surface area contributed by atoms with Crippen molar-refractivity contribution in [3.63, 3.8) is 0 Å². The summed E-state index contributed by atoms with van der Waals surface area (Å²) in [5.74, 6) is 0.110. The van der Waals surface area contributed by atoms with Crippen molar-refractivity contribution in [2.45, 2.75) is 128 Å². The molecule has 230 valence electrons. The van der Waals surface area contributed by atoms with Crippen LogP contribution in [0.4, 0.5) is 13.2 Å². The van der Waals surface area contributed by atoms with E-state index >= 15 is 0 Å². The van der Waals surface area contributed by atoms with Crippen LogP contribution in [0.1, 0.15) is 131 Å². The third-order valence-electron chi connectivity index (χ3n) is 10.8. The Morgan fingerprint density at radius 3 is 2.24 bits per heavy atom. The zero-order valence-corrected chi connectivity index (χ0v) is 27.1. The number of rotatable bonds is 4. The summed E-state index contributed by atoms with van der Waals surface area (Å²) in [5.41, 5.74) is 4.81. The van der Waals surface area contributed by atoms with E-state index in [4.69, 9.17) is 18.9 Å². The van der Waals surface area contributed by atoms with Gasteiger partial charge in [0.05, 0.1) is 23.0 Å². The molecule has 4 heterocycles. The summed E-state index contributed by atoms with van der Waals surface area (Å²) in [6.07, 6.45) is 2.75. The second kappa shape index (κ2) is 10.1. The molecule has 42 heavy (non-hydrogen) atoms. The first-order valence-electron chi connectivity index (χ1n) is 15.6. The molecule has 0 amide bonds. The smallest absolute Gasteiger partial charge is 0.410 e. The summed E-state index contributed by atoms with van der Waals surface area (Å²) in [6.45, 7) is 16.9. The normalized spacial score (nSPS) is 25.0. The average Bonchev–Trinajstić information content (AvgIpc) is 3.20. The van der Waals surface area contributed by atoms with Crippen molar-refractivity contribution in [3.05, 3.63) is 57.7 Å². The molecule has 5 nitrogen and oxygen atoms in total. The van der Waals surface area contributed by atoms with E-state index in [-0.39, 0.29) is 22.5 Å². The maximum absolute atomic E-state index is 13.4. The molecule has 2 aliphatic heterocycles. The Bertz CT molecular complexity index is 1340. The maximum Gasteiger partial charge on any atom is 0.417 e. The predicted octanol–water partition coefficient (Wildman–Crippen LogP) is 8.92. The maximum atomic E-state index is 13.4. The topological polar surface area (TPSA) is 53.5 Å². The molecule has 0 radical (unpaired) electrons. The van der Waals surface area contributed by atoms with Crippen molar-refractivity contribution in [3.8, 4) is 0 Å². The fourth-order valence-electron chi connectivity index (χ4n) is 7.32. The van der Waals surface area contributed by atoms with Gasteiger partial charge in [-0.1, -0.05) is 41.0 Å². The Balaban J connectivity index is 1.58. The van der Waals surface area contributed by atoms with E-state index in [9.17, 15) is 13.2 Å². The third kappa shape index (κ3) is 4.96. The number of hydrogen-bond donors (Lipinski definition) is 0. The lowest BCUT2D eigenvalue weighted by Gasteiger charge is -2.51. The first kappa shape index (κ1) is 30.2. The molecule has 2 fully saturated rings. The molecule has 4 aliphatic rings. The van der Waals surface area contributed by atoms with Crippen LogP contribution in [0.15, 0.2) is 18.3 Å². The highest BCUT2D eigenvalue weighted by molar-refractivity contribution is 6.74. The van der Waals surface area contributed by atoms with E-state index in [2.05, 4.69) is 52.7 Å². The van der Waals surface area contributed by atoms with Crippen LogP contribution in [0, 0.1) is 5.41 Å². The van der Waals surface area contributed by atoms with Crippen molar-refractivity contribution >= 4 is 8.32 Å². The summed E-state index contributed by atoms with van der Waals surface area (Å²) >= 11 is 0. The van der Waals surface area contributed by atoms with Crippen LogP contribution in [0.3, 0.4) is 0 Å². The molecule has 1 saturated heterocycles. The van der Waals surface area contributed by atoms with E-state index in [1.807, 2.05) is 0 Å². The van der Waals surface area contributed by atoms with Crippen molar-refractivity contribution in [1.29, 1.82) is 0 Å². The van der Waals surface area contributed by atoms with E-state index in [1.54, 1.807) is 0 Å². The first-order chi connectivity index (χ1) is 19.6. The van der Waals surface area contributed by atoms with Gasteiger partial charge in [0, 0.05) is 54.8 Å². The zero-order valence-electron chi connectivity index (χ0n) is 26.1. The highest BCUT2D eigenvalue weighted by Gasteiger charge is 2.55. The molecule has 2 atom stereocenters. The minimum Gasteiger partial charge on any atom is -0.410 e. The van der Waals surface area contributed by atoms with Crippen molar-refractivity contribution in [2.75, 3.05) is 13.2 Å². The van der Waals surface area contributed by atoms with E-state index in [0.717, 1.165) is 42.1 Å². The zero-order chi connectivity index (χ0) is 30.3. The van der Waals surface area contributed by atoms with Gasteiger partial charge in [-0.05, 0) is 72.8 Å². The van der Waals surface area contributed by atoms with Crippen LogP contribution < -0.4 is 0 Å².